The molecule has 5 heteroatoms. The van der Waals surface area contributed by atoms with E-state index in [1.165, 1.54) is 19.3 Å². The SMILES string of the molecule is CCCCCSSC[C@H](N)C(=O)O. The maximum atomic E-state index is 10.3. The lowest BCUT2D eigenvalue weighted by Crippen LogP contribution is -2.32. The van der Waals surface area contributed by atoms with E-state index in [1.54, 1.807) is 21.6 Å². The number of nitrogens with two attached hydrogens (primary N) is 1. The average Bonchev–Trinajstić information content (AvgIpc) is 2.10. The molecule has 0 fully saturated rings. The van der Waals surface area contributed by atoms with Crippen molar-refractivity contribution in [3.8, 4) is 0 Å². The van der Waals surface area contributed by atoms with E-state index in [1.807, 2.05) is 0 Å². The summed E-state index contributed by atoms with van der Waals surface area (Å²) in [5.74, 6) is 0.665. The fourth-order valence-electron chi connectivity index (χ4n) is 0.663. The van der Waals surface area contributed by atoms with Crippen molar-refractivity contribution in [2.24, 2.45) is 5.73 Å². The standard InChI is InChI=1S/C8H17NO2S2/c1-2-3-4-5-12-13-6-7(9)8(10)11/h7H,2-6,9H2,1H3,(H,10,11)/t7-/m0/s1. The molecule has 0 saturated carbocycles. The minimum absolute atomic E-state index is 0.492. The number of aliphatic carboxylic acids is 1. The van der Waals surface area contributed by atoms with Crippen molar-refractivity contribution in [2.75, 3.05) is 11.5 Å². The fraction of sp³-hybridized carbons (Fsp3) is 0.875. The number of hydrogen-bond acceptors (Lipinski definition) is 4. The highest BCUT2D eigenvalue weighted by atomic mass is 33.1. The van der Waals surface area contributed by atoms with Gasteiger partial charge in [0.25, 0.3) is 0 Å². The van der Waals surface area contributed by atoms with Gasteiger partial charge in [-0.1, -0.05) is 41.4 Å². The summed E-state index contributed by atoms with van der Waals surface area (Å²) in [7, 11) is 3.26. The highest BCUT2D eigenvalue weighted by Gasteiger charge is 2.10. The third kappa shape index (κ3) is 8.46. The summed E-state index contributed by atoms with van der Waals surface area (Å²) >= 11 is 0. The third-order valence-electron chi connectivity index (χ3n) is 1.48. The predicted molar refractivity (Wildman–Crippen MR) is 60.1 cm³/mol. The molecule has 0 heterocycles. The van der Waals surface area contributed by atoms with Gasteiger partial charge in [0.15, 0.2) is 0 Å². The smallest absolute Gasteiger partial charge is 0.321 e. The summed E-state index contributed by atoms with van der Waals surface area (Å²) in [4.78, 5) is 10.3. The van der Waals surface area contributed by atoms with Crippen LogP contribution in [0.1, 0.15) is 26.2 Å². The quantitative estimate of drug-likeness (QED) is 0.486. The van der Waals surface area contributed by atoms with Crippen LogP contribution in [0, 0.1) is 0 Å². The molecule has 3 N–H and O–H groups in total. The Morgan fingerprint density at radius 2 is 2.15 bits per heavy atom. The van der Waals surface area contributed by atoms with E-state index in [0.717, 1.165) is 5.75 Å². The van der Waals surface area contributed by atoms with E-state index < -0.39 is 12.0 Å². The molecule has 0 aliphatic carbocycles. The summed E-state index contributed by atoms with van der Waals surface area (Å²) in [6, 6.07) is -0.719. The molecule has 0 aliphatic rings. The van der Waals surface area contributed by atoms with Crippen LogP contribution in [0.25, 0.3) is 0 Å². The summed E-state index contributed by atoms with van der Waals surface area (Å²) < 4.78 is 0. The third-order valence-corrected chi connectivity index (χ3v) is 4.00. The van der Waals surface area contributed by atoms with Gasteiger partial charge in [0.1, 0.15) is 6.04 Å². The first-order chi connectivity index (χ1) is 6.18. The van der Waals surface area contributed by atoms with E-state index in [9.17, 15) is 4.79 Å². The Morgan fingerprint density at radius 1 is 1.46 bits per heavy atom. The van der Waals surface area contributed by atoms with E-state index in [2.05, 4.69) is 6.92 Å². The van der Waals surface area contributed by atoms with Gasteiger partial charge in [-0.05, 0) is 6.42 Å². The Labute approximate surface area is 87.2 Å². The molecule has 13 heavy (non-hydrogen) atoms. The number of unbranched alkanes of at least 4 members (excludes halogenated alkanes) is 2. The van der Waals surface area contributed by atoms with Crippen LogP contribution in [0.4, 0.5) is 0 Å². The van der Waals surface area contributed by atoms with Crippen molar-refractivity contribution < 1.29 is 9.90 Å². The number of carboxylic acid groups (broad SMARTS) is 1. The highest BCUT2D eigenvalue weighted by Crippen LogP contribution is 2.23. The summed E-state index contributed by atoms with van der Waals surface area (Å²) in [5, 5.41) is 8.48. The summed E-state index contributed by atoms with van der Waals surface area (Å²) in [6.07, 6.45) is 3.68. The summed E-state index contributed by atoms with van der Waals surface area (Å²) in [6.45, 7) is 2.16. The molecular weight excluding hydrogens is 206 g/mol. The Kier molecular flexibility index (Phi) is 8.80. The lowest BCUT2D eigenvalue weighted by Gasteiger charge is -2.04. The molecule has 0 unspecified atom stereocenters. The van der Waals surface area contributed by atoms with Gasteiger partial charge in [0.05, 0.1) is 0 Å². The van der Waals surface area contributed by atoms with Crippen molar-refractivity contribution in [3.05, 3.63) is 0 Å². The van der Waals surface area contributed by atoms with Crippen LogP contribution in [0.2, 0.25) is 0 Å². The van der Waals surface area contributed by atoms with E-state index in [-0.39, 0.29) is 0 Å². The van der Waals surface area contributed by atoms with Gasteiger partial charge in [0.2, 0.25) is 0 Å². The van der Waals surface area contributed by atoms with Crippen LogP contribution >= 0.6 is 21.6 Å². The first-order valence-electron chi connectivity index (χ1n) is 4.41. The van der Waals surface area contributed by atoms with Crippen LogP contribution in [-0.2, 0) is 4.79 Å². The first-order valence-corrected chi connectivity index (χ1v) is 6.90. The number of rotatable bonds is 8. The molecule has 0 aromatic heterocycles. The van der Waals surface area contributed by atoms with Gasteiger partial charge in [-0.2, -0.15) is 0 Å². The van der Waals surface area contributed by atoms with Crippen LogP contribution in [0.3, 0.4) is 0 Å². The second-order valence-corrected chi connectivity index (χ2v) is 5.39. The molecule has 1 atom stereocenters. The molecule has 0 bridgehead atoms. The van der Waals surface area contributed by atoms with Gasteiger partial charge in [-0.25, -0.2) is 0 Å². The molecule has 0 spiro atoms. The molecule has 0 radical (unpaired) electrons. The zero-order chi connectivity index (χ0) is 10.1. The molecule has 0 aromatic rings. The number of hydrogen-bond donors (Lipinski definition) is 2. The van der Waals surface area contributed by atoms with Crippen LogP contribution in [0.15, 0.2) is 0 Å². The lowest BCUT2D eigenvalue weighted by atomic mass is 10.3. The molecule has 3 nitrogen and oxygen atoms in total. The summed E-state index contributed by atoms with van der Waals surface area (Å²) in [5.41, 5.74) is 5.32. The molecular formula is C8H17NO2S2. The predicted octanol–water partition coefficient (Wildman–Crippen LogP) is 1.97. The van der Waals surface area contributed by atoms with Crippen molar-refractivity contribution in [3.63, 3.8) is 0 Å². The van der Waals surface area contributed by atoms with Crippen molar-refractivity contribution in [2.45, 2.75) is 32.2 Å². The Balaban J connectivity index is 3.11. The molecule has 0 aromatic carbocycles. The normalized spacial score (nSPS) is 12.8. The minimum atomic E-state index is -0.915. The monoisotopic (exact) mass is 223 g/mol. The minimum Gasteiger partial charge on any atom is -0.480 e. The molecule has 0 amide bonds. The van der Waals surface area contributed by atoms with E-state index in [0.29, 0.717) is 5.75 Å². The topological polar surface area (TPSA) is 63.3 Å². The van der Waals surface area contributed by atoms with E-state index in [4.69, 9.17) is 10.8 Å². The first kappa shape index (κ1) is 13.1. The van der Waals surface area contributed by atoms with Crippen LogP contribution in [-0.4, -0.2) is 28.6 Å². The Morgan fingerprint density at radius 3 is 2.69 bits per heavy atom. The van der Waals surface area contributed by atoms with Gasteiger partial charge >= 0.3 is 5.97 Å². The maximum Gasteiger partial charge on any atom is 0.321 e. The second kappa shape index (κ2) is 8.72. The van der Waals surface area contributed by atoms with Gasteiger partial charge in [0, 0.05) is 11.5 Å². The van der Waals surface area contributed by atoms with Crippen LogP contribution in [0.5, 0.6) is 0 Å². The van der Waals surface area contributed by atoms with Crippen LogP contribution < -0.4 is 5.73 Å². The van der Waals surface area contributed by atoms with E-state index >= 15 is 0 Å². The van der Waals surface area contributed by atoms with Gasteiger partial charge < -0.3 is 10.8 Å². The molecule has 78 valence electrons. The molecule has 0 aliphatic heterocycles. The van der Waals surface area contributed by atoms with Crippen molar-refractivity contribution in [1.82, 2.24) is 0 Å². The molecule has 0 saturated heterocycles. The zero-order valence-electron chi connectivity index (χ0n) is 7.86. The maximum absolute atomic E-state index is 10.3. The largest absolute Gasteiger partial charge is 0.480 e. The van der Waals surface area contributed by atoms with Crippen molar-refractivity contribution >= 4 is 27.6 Å². The number of carbonyl (C=O) groups is 1. The fourth-order valence-corrected chi connectivity index (χ4v) is 2.92. The van der Waals surface area contributed by atoms with Crippen molar-refractivity contribution in [1.29, 1.82) is 0 Å². The average molecular weight is 223 g/mol. The number of carboxylic acids is 1. The highest BCUT2D eigenvalue weighted by molar-refractivity contribution is 8.76. The Bertz CT molecular complexity index is 144. The second-order valence-electron chi connectivity index (χ2n) is 2.76. The van der Waals surface area contributed by atoms with Gasteiger partial charge in [-0.3, -0.25) is 4.79 Å². The zero-order valence-corrected chi connectivity index (χ0v) is 9.50. The lowest BCUT2D eigenvalue weighted by molar-refractivity contribution is -0.137. The Hall–Kier alpha value is 0.130. The van der Waals surface area contributed by atoms with Gasteiger partial charge in [-0.15, -0.1) is 0 Å². The molecule has 0 rings (SSSR count).